The highest BCUT2D eigenvalue weighted by Crippen LogP contribution is 2.37. The van der Waals surface area contributed by atoms with Gasteiger partial charge in [-0.3, -0.25) is 4.79 Å². The molecule has 3 rings (SSSR count). The molecule has 1 atom stereocenters. The highest BCUT2D eigenvalue weighted by Gasteiger charge is 2.22. The maximum Gasteiger partial charge on any atom is 0.306 e. The number of carbonyl (C=O) groups is 1. The lowest BCUT2D eigenvalue weighted by atomic mass is 9.87. The van der Waals surface area contributed by atoms with Crippen molar-refractivity contribution in [3.8, 4) is 0 Å². The van der Waals surface area contributed by atoms with E-state index >= 15 is 0 Å². The van der Waals surface area contributed by atoms with Crippen LogP contribution in [0.4, 0.5) is 0 Å². The largest absolute Gasteiger partial charge is 0.453 e. The third kappa shape index (κ3) is 6.95. The molecular formula is C30H42O2. The van der Waals surface area contributed by atoms with Crippen molar-refractivity contribution in [1.82, 2.24) is 0 Å². The average Bonchev–Trinajstić information content (AvgIpc) is 2.81. The zero-order valence-corrected chi connectivity index (χ0v) is 20.3. The van der Waals surface area contributed by atoms with Gasteiger partial charge in [-0.15, -0.1) is 0 Å². The van der Waals surface area contributed by atoms with E-state index in [1.54, 1.807) is 0 Å². The van der Waals surface area contributed by atoms with Gasteiger partial charge in [0.05, 0.1) is 0 Å². The maximum atomic E-state index is 12.2. The molecule has 2 aromatic carbocycles. The van der Waals surface area contributed by atoms with Gasteiger partial charge in [-0.1, -0.05) is 114 Å². The highest BCUT2D eigenvalue weighted by molar-refractivity contribution is 5.97. The third-order valence-electron chi connectivity index (χ3n) is 6.75. The molecule has 0 saturated carbocycles. The van der Waals surface area contributed by atoms with E-state index in [9.17, 15) is 4.79 Å². The van der Waals surface area contributed by atoms with Crippen LogP contribution < -0.4 is 0 Å². The summed E-state index contributed by atoms with van der Waals surface area (Å²) in [7, 11) is 0. The first-order valence-electron chi connectivity index (χ1n) is 13.2. The number of hydrogen-bond acceptors (Lipinski definition) is 2. The topological polar surface area (TPSA) is 26.3 Å². The van der Waals surface area contributed by atoms with Gasteiger partial charge in [-0.25, -0.2) is 0 Å². The minimum absolute atomic E-state index is 0.0940. The molecule has 0 amide bonds. The zero-order chi connectivity index (χ0) is 22.6. The molecule has 2 aromatic rings. The predicted octanol–water partition coefficient (Wildman–Crippen LogP) is 9.10. The van der Waals surface area contributed by atoms with Crippen LogP contribution in [0.5, 0.6) is 0 Å². The first kappa shape index (κ1) is 24.6. The quantitative estimate of drug-likeness (QED) is 0.206. The van der Waals surface area contributed by atoms with E-state index in [4.69, 9.17) is 4.74 Å². The maximum absolute atomic E-state index is 12.2. The molecule has 0 fully saturated rings. The lowest BCUT2D eigenvalue weighted by molar-refractivity contribution is -0.147. The van der Waals surface area contributed by atoms with Crippen molar-refractivity contribution in [2.45, 2.75) is 110 Å². The van der Waals surface area contributed by atoms with E-state index in [0.29, 0.717) is 6.42 Å². The highest BCUT2D eigenvalue weighted by atomic mass is 16.5. The molecule has 2 nitrogen and oxygen atoms in total. The van der Waals surface area contributed by atoms with Crippen molar-refractivity contribution in [2.75, 3.05) is 0 Å². The number of unbranched alkanes of at least 4 members (excludes halogenated alkanes) is 10. The van der Waals surface area contributed by atoms with E-state index in [1.165, 1.54) is 86.1 Å². The Kier molecular flexibility index (Phi) is 10.3. The number of benzene rings is 2. The summed E-state index contributed by atoms with van der Waals surface area (Å²) in [5.41, 5.74) is 3.89. The Morgan fingerprint density at radius 3 is 2.22 bits per heavy atom. The first-order valence-corrected chi connectivity index (χ1v) is 13.2. The van der Waals surface area contributed by atoms with Crippen LogP contribution in [0.3, 0.4) is 0 Å². The SMILES string of the molecule is CCCCCCCCCCCCc1ccc2cccc3c2c1C=CC3OC(=O)CCCC. The second kappa shape index (κ2) is 13.5. The smallest absolute Gasteiger partial charge is 0.306 e. The van der Waals surface area contributed by atoms with Crippen molar-refractivity contribution in [2.24, 2.45) is 0 Å². The number of ether oxygens (including phenoxy) is 1. The van der Waals surface area contributed by atoms with E-state index in [1.807, 2.05) is 0 Å². The normalized spacial score (nSPS) is 14.8. The minimum Gasteiger partial charge on any atom is -0.453 e. The Bertz CT molecular complexity index is 880. The van der Waals surface area contributed by atoms with Gasteiger partial charge in [0.25, 0.3) is 0 Å². The number of hydrogen-bond donors (Lipinski definition) is 0. The molecule has 2 heteroatoms. The molecule has 0 bridgehead atoms. The monoisotopic (exact) mass is 434 g/mol. The fourth-order valence-corrected chi connectivity index (χ4v) is 4.84. The van der Waals surface area contributed by atoms with Gasteiger partial charge in [-0.05, 0) is 47.2 Å². The molecule has 0 radical (unpaired) electrons. The summed E-state index contributed by atoms with van der Waals surface area (Å²) >= 11 is 0. The molecule has 0 aromatic heterocycles. The fraction of sp³-hybridized carbons (Fsp3) is 0.567. The summed E-state index contributed by atoms with van der Waals surface area (Å²) < 4.78 is 5.82. The summed E-state index contributed by atoms with van der Waals surface area (Å²) in [4.78, 5) is 12.2. The number of carbonyl (C=O) groups excluding carboxylic acids is 1. The molecule has 0 N–H and O–H groups in total. The molecule has 1 aliphatic carbocycles. The first-order chi connectivity index (χ1) is 15.7. The van der Waals surface area contributed by atoms with Crippen LogP contribution in [0.25, 0.3) is 16.8 Å². The molecule has 0 saturated heterocycles. The lowest BCUT2D eigenvalue weighted by Gasteiger charge is -2.23. The van der Waals surface area contributed by atoms with Gasteiger partial charge >= 0.3 is 5.97 Å². The molecular weight excluding hydrogens is 392 g/mol. The van der Waals surface area contributed by atoms with E-state index in [2.05, 4.69) is 56.3 Å². The van der Waals surface area contributed by atoms with Crippen LogP contribution in [0.15, 0.2) is 36.4 Å². The standard InChI is InChI=1S/C30H42O2/c1-3-5-7-8-9-10-11-12-13-14-16-24-20-21-25-17-15-18-27-28(23-22-26(24)30(25)27)32-29(31)19-6-4-2/h15,17-18,20-23,28H,3-14,16,19H2,1-2H3. The summed E-state index contributed by atoms with van der Waals surface area (Å²) in [6, 6.07) is 10.9. The van der Waals surface area contributed by atoms with Gasteiger partial charge < -0.3 is 4.74 Å². The molecule has 1 unspecified atom stereocenters. The Balaban J connectivity index is 1.54. The van der Waals surface area contributed by atoms with E-state index in [0.717, 1.165) is 24.8 Å². The second-order valence-electron chi connectivity index (χ2n) is 9.39. The summed E-state index contributed by atoms with van der Waals surface area (Å²) in [5, 5.41) is 2.51. The van der Waals surface area contributed by atoms with Crippen molar-refractivity contribution >= 4 is 22.8 Å². The molecule has 1 aliphatic rings. The van der Waals surface area contributed by atoms with Crippen LogP contribution in [-0.2, 0) is 16.0 Å². The third-order valence-corrected chi connectivity index (χ3v) is 6.75. The summed E-state index contributed by atoms with van der Waals surface area (Å²) in [6.45, 7) is 4.38. The van der Waals surface area contributed by atoms with Crippen LogP contribution in [0, 0.1) is 0 Å². The molecule has 0 aliphatic heterocycles. The van der Waals surface area contributed by atoms with Crippen LogP contribution >= 0.6 is 0 Å². The van der Waals surface area contributed by atoms with Gasteiger partial charge in [0, 0.05) is 12.0 Å². The van der Waals surface area contributed by atoms with Gasteiger partial charge in [0.15, 0.2) is 0 Å². The average molecular weight is 435 g/mol. The van der Waals surface area contributed by atoms with Gasteiger partial charge in [0.2, 0.25) is 0 Å². The van der Waals surface area contributed by atoms with Crippen LogP contribution in [0.1, 0.15) is 120 Å². The predicted molar refractivity (Wildman–Crippen MR) is 137 cm³/mol. The Morgan fingerprint density at radius 1 is 0.812 bits per heavy atom. The molecule has 32 heavy (non-hydrogen) atoms. The van der Waals surface area contributed by atoms with Crippen molar-refractivity contribution in [3.63, 3.8) is 0 Å². The Hall–Kier alpha value is -2.09. The van der Waals surface area contributed by atoms with E-state index < -0.39 is 0 Å². The number of esters is 1. The molecule has 0 spiro atoms. The van der Waals surface area contributed by atoms with Gasteiger partial charge in [0.1, 0.15) is 6.10 Å². The minimum atomic E-state index is -0.261. The van der Waals surface area contributed by atoms with Crippen molar-refractivity contribution < 1.29 is 9.53 Å². The Labute approximate surface area is 195 Å². The van der Waals surface area contributed by atoms with Gasteiger partial charge in [-0.2, -0.15) is 0 Å². The zero-order valence-electron chi connectivity index (χ0n) is 20.3. The van der Waals surface area contributed by atoms with E-state index in [-0.39, 0.29) is 12.1 Å². The van der Waals surface area contributed by atoms with Crippen LogP contribution in [0.2, 0.25) is 0 Å². The summed E-state index contributed by atoms with van der Waals surface area (Å²) in [5.74, 6) is -0.0940. The second-order valence-corrected chi connectivity index (χ2v) is 9.39. The number of aryl methyl sites for hydroxylation is 1. The molecule has 174 valence electrons. The van der Waals surface area contributed by atoms with Crippen molar-refractivity contribution in [1.29, 1.82) is 0 Å². The Morgan fingerprint density at radius 2 is 1.50 bits per heavy atom. The lowest BCUT2D eigenvalue weighted by Crippen LogP contribution is -2.12. The molecule has 0 heterocycles. The summed E-state index contributed by atoms with van der Waals surface area (Å²) in [6.07, 6.45) is 21.2. The van der Waals surface area contributed by atoms with Crippen LogP contribution in [-0.4, -0.2) is 5.97 Å². The fourth-order valence-electron chi connectivity index (χ4n) is 4.84. The number of rotatable bonds is 15. The van der Waals surface area contributed by atoms with Crippen molar-refractivity contribution in [3.05, 3.63) is 53.1 Å².